The summed E-state index contributed by atoms with van der Waals surface area (Å²) in [5, 5.41) is 10.7. The van der Waals surface area contributed by atoms with Gasteiger partial charge in [-0.1, -0.05) is 6.07 Å². The molecule has 0 aliphatic rings. The summed E-state index contributed by atoms with van der Waals surface area (Å²) in [5.74, 6) is 0. The largest absolute Gasteiger partial charge is 0.396 e. The Morgan fingerprint density at radius 3 is 2.61 bits per heavy atom. The standard InChI is InChI=1S/C11H20N2O3S2/c1-10(11-6-4-9-17-11)13(3)18(15,16)12(2)7-5-8-14/h4,6,9-10,14H,5,7-8H2,1-3H3. The minimum Gasteiger partial charge on any atom is -0.396 e. The van der Waals surface area contributed by atoms with E-state index >= 15 is 0 Å². The molecule has 0 aliphatic heterocycles. The van der Waals surface area contributed by atoms with Gasteiger partial charge in [0.15, 0.2) is 0 Å². The average molecular weight is 292 g/mol. The smallest absolute Gasteiger partial charge is 0.282 e. The zero-order chi connectivity index (χ0) is 13.8. The molecule has 1 unspecified atom stereocenters. The number of rotatable bonds is 7. The highest BCUT2D eigenvalue weighted by Gasteiger charge is 2.28. The fourth-order valence-electron chi connectivity index (χ4n) is 1.54. The highest BCUT2D eigenvalue weighted by atomic mass is 32.2. The van der Waals surface area contributed by atoms with Gasteiger partial charge in [0.25, 0.3) is 10.2 Å². The number of thiophene rings is 1. The van der Waals surface area contributed by atoms with Crippen molar-refractivity contribution in [2.24, 2.45) is 0 Å². The molecule has 0 spiro atoms. The lowest BCUT2D eigenvalue weighted by Crippen LogP contribution is -2.41. The Bertz CT molecular complexity index is 445. The summed E-state index contributed by atoms with van der Waals surface area (Å²) in [4.78, 5) is 1.01. The summed E-state index contributed by atoms with van der Waals surface area (Å²) in [6.07, 6.45) is 0.441. The Morgan fingerprint density at radius 2 is 2.11 bits per heavy atom. The van der Waals surface area contributed by atoms with Crippen LogP contribution in [0.5, 0.6) is 0 Å². The molecular formula is C11H20N2O3S2. The lowest BCUT2D eigenvalue weighted by Gasteiger charge is -2.28. The Balaban J connectivity index is 2.78. The van der Waals surface area contributed by atoms with Crippen molar-refractivity contribution >= 4 is 21.5 Å². The molecule has 1 N–H and O–H groups in total. The quantitative estimate of drug-likeness (QED) is 0.824. The number of hydrogen-bond donors (Lipinski definition) is 1. The monoisotopic (exact) mass is 292 g/mol. The van der Waals surface area contributed by atoms with E-state index in [0.29, 0.717) is 13.0 Å². The maximum atomic E-state index is 12.2. The van der Waals surface area contributed by atoms with E-state index in [1.54, 1.807) is 18.4 Å². The van der Waals surface area contributed by atoms with Crippen LogP contribution in [-0.2, 0) is 10.2 Å². The Hall–Kier alpha value is -0.470. The summed E-state index contributed by atoms with van der Waals surface area (Å²) < 4.78 is 27.1. The predicted molar refractivity (Wildman–Crippen MR) is 73.7 cm³/mol. The van der Waals surface area contributed by atoms with Crippen molar-refractivity contribution in [2.75, 3.05) is 27.2 Å². The number of aliphatic hydroxyl groups excluding tert-OH is 1. The molecule has 104 valence electrons. The molecule has 0 radical (unpaired) electrons. The van der Waals surface area contributed by atoms with Gasteiger partial charge in [0.1, 0.15) is 0 Å². The zero-order valence-electron chi connectivity index (χ0n) is 10.9. The van der Waals surface area contributed by atoms with E-state index in [9.17, 15) is 8.42 Å². The van der Waals surface area contributed by atoms with Gasteiger partial charge < -0.3 is 5.11 Å². The third-order valence-corrected chi connectivity index (χ3v) is 5.95. The van der Waals surface area contributed by atoms with Gasteiger partial charge >= 0.3 is 0 Å². The van der Waals surface area contributed by atoms with Gasteiger partial charge in [-0.3, -0.25) is 0 Å². The van der Waals surface area contributed by atoms with Crippen LogP contribution in [0.2, 0.25) is 0 Å². The van der Waals surface area contributed by atoms with Crippen molar-refractivity contribution in [1.29, 1.82) is 0 Å². The topological polar surface area (TPSA) is 60.9 Å². The van der Waals surface area contributed by atoms with E-state index in [4.69, 9.17) is 5.11 Å². The maximum Gasteiger partial charge on any atom is 0.282 e. The summed E-state index contributed by atoms with van der Waals surface area (Å²) in [7, 11) is -0.365. The second-order valence-corrected chi connectivity index (χ2v) is 7.19. The van der Waals surface area contributed by atoms with Gasteiger partial charge in [-0.2, -0.15) is 17.0 Å². The summed E-state index contributed by atoms with van der Waals surface area (Å²) >= 11 is 1.54. The van der Waals surface area contributed by atoms with Crippen molar-refractivity contribution in [3.8, 4) is 0 Å². The first-order chi connectivity index (χ1) is 8.41. The number of hydrogen-bond acceptors (Lipinski definition) is 4. The van der Waals surface area contributed by atoms with E-state index in [-0.39, 0.29) is 12.6 Å². The normalized spacial score (nSPS) is 14.3. The maximum absolute atomic E-state index is 12.2. The molecule has 18 heavy (non-hydrogen) atoms. The first kappa shape index (κ1) is 15.6. The minimum absolute atomic E-state index is 0.00987. The van der Waals surface area contributed by atoms with Crippen LogP contribution < -0.4 is 0 Å². The van der Waals surface area contributed by atoms with Crippen molar-refractivity contribution in [3.05, 3.63) is 22.4 Å². The van der Waals surface area contributed by atoms with Crippen LogP contribution in [-0.4, -0.2) is 49.4 Å². The number of nitrogens with zero attached hydrogens (tertiary/aromatic N) is 2. The average Bonchev–Trinajstić information content (AvgIpc) is 2.87. The van der Waals surface area contributed by atoms with Crippen LogP contribution in [0.15, 0.2) is 17.5 Å². The van der Waals surface area contributed by atoms with Crippen LogP contribution >= 0.6 is 11.3 Å². The summed E-state index contributed by atoms with van der Waals surface area (Å²) in [5.41, 5.74) is 0. The minimum atomic E-state index is -3.47. The molecular weight excluding hydrogens is 272 g/mol. The highest BCUT2D eigenvalue weighted by molar-refractivity contribution is 7.86. The molecule has 0 bridgehead atoms. The van der Waals surface area contributed by atoms with Crippen LogP contribution in [0.3, 0.4) is 0 Å². The van der Waals surface area contributed by atoms with E-state index in [1.165, 1.54) is 15.7 Å². The van der Waals surface area contributed by atoms with Gasteiger partial charge in [0.2, 0.25) is 0 Å². The number of aliphatic hydroxyl groups is 1. The Kier molecular flexibility index (Phi) is 5.74. The second-order valence-electron chi connectivity index (χ2n) is 4.11. The zero-order valence-corrected chi connectivity index (χ0v) is 12.5. The Morgan fingerprint density at radius 1 is 1.44 bits per heavy atom. The van der Waals surface area contributed by atoms with Crippen LogP contribution in [0, 0.1) is 0 Å². The fraction of sp³-hybridized carbons (Fsp3) is 0.636. The van der Waals surface area contributed by atoms with Gasteiger partial charge in [-0.25, -0.2) is 0 Å². The molecule has 0 saturated heterocycles. The van der Waals surface area contributed by atoms with Gasteiger partial charge in [0, 0.05) is 32.1 Å². The molecule has 0 saturated carbocycles. The molecule has 1 aromatic rings. The van der Waals surface area contributed by atoms with Crippen molar-refractivity contribution < 1.29 is 13.5 Å². The molecule has 0 fully saturated rings. The SMILES string of the molecule is CC(c1cccs1)N(C)S(=O)(=O)N(C)CCCO. The van der Waals surface area contributed by atoms with E-state index in [0.717, 1.165) is 4.88 Å². The molecule has 0 amide bonds. The van der Waals surface area contributed by atoms with E-state index in [2.05, 4.69) is 0 Å². The molecule has 7 heteroatoms. The Labute approximate surface area is 113 Å². The third kappa shape index (κ3) is 3.52. The summed E-state index contributed by atoms with van der Waals surface area (Å²) in [6.45, 7) is 2.17. The molecule has 0 aromatic carbocycles. The molecule has 5 nitrogen and oxygen atoms in total. The van der Waals surface area contributed by atoms with Gasteiger partial charge in [-0.05, 0) is 24.8 Å². The lowest BCUT2D eigenvalue weighted by atomic mass is 10.3. The third-order valence-electron chi connectivity index (χ3n) is 2.89. The molecule has 1 rings (SSSR count). The van der Waals surface area contributed by atoms with E-state index < -0.39 is 10.2 Å². The van der Waals surface area contributed by atoms with Gasteiger partial charge in [0.05, 0.1) is 6.04 Å². The molecule has 0 aliphatic carbocycles. The lowest BCUT2D eigenvalue weighted by molar-refractivity contribution is 0.270. The van der Waals surface area contributed by atoms with Gasteiger partial charge in [-0.15, -0.1) is 11.3 Å². The molecule has 1 atom stereocenters. The van der Waals surface area contributed by atoms with Crippen molar-refractivity contribution in [1.82, 2.24) is 8.61 Å². The highest BCUT2D eigenvalue weighted by Crippen LogP contribution is 2.26. The first-order valence-electron chi connectivity index (χ1n) is 5.74. The van der Waals surface area contributed by atoms with E-state index in [1.807, 2.05) is 24.4 Å². The second kappa shape index (κ2) is 6.63. The fourth-order valence-corrected chi connectivity index (χ4v) is 3.74. The van der Waals surface area contributed by atoms with Crippen molar-refractivity contribution in [3.63, 3.8) is 0 Å². The van der Waals surface area contributed by atoms with Crippen LogP contribution in [0.4, 0.5) is 0 Å². The van der Waals surface area contributed by atoms with Crippen molar-refractivity contribution in [2.45, 2.75) is 19.4 Å². The molecule has 1 aromatic heterocycles. The molecule has 1 heterocycles. The van der Waals surface area contributed by atoms with Crippen LogP contribution in [0.1, 0.15) is 24.3 Å². The summed E-state index contributed by atoms with van der Waals surface area (Å²) in [6, 6.07) is 3.65. The predicted octanol–water partition coefficient (Wildman–Crippen LogP) is 1.30. The van der Waals surface area contributed by atoms with Crippen LogP contribution in [0.25, 0.3) is 0 Å². The first-order valence-corrected chi connectivity index (χ1v) is 8.02.